The first-order valence-corrected chi connectivity index (χ1v) is 15.2. The fraction of sp³-hybridized carbons (Fsp3) is 0.385. The summed E-state index contributed by atoms with van der Waals surface area (Å²) in [7, 11) is 0. The van der Waals surface area contributed by atoms with Crippen LogP contribution in [0.1, 0.15) is 118 Å². The first-order valence-electron chi connectivity index (χ1n) is 15.2. The Morgan fingerprint density at radius 1 is 0.575 bits per heavy atom. The molecule has 4 rings (SSSR count). The second kappa shape index (κ2) is 13.5. The summed E-state index contributed by atoms with van der Waals surface area (Å²) in [5.74, 6) is 1.42. The van der Waals surface area contributed by atoms with Crippen LogP contribution < -0.4 is 0 Å². The molecule has 0 heterocycles. The molecule has 0 N–H and O–H groups in total. The molecule has 0 bridgehead atoms. The Balaban J connectivity index is 1.93. The molecule has 0 fully saturated rings. The molecular formula is C39H48O. The highest BCUT2D eigenvalue weighted by atomic mass is 16.5. The SMILES string of the molecule is CCC(C)CCOC(C)(C)c1c(C(C)c2ccccc2)cc(C(C)c2ccccc2)cc1C(C)c1ccccc1. The summed E-state index contributed by atoms with van der Waals surface area (Å²) in [4.78, 5) is 0. The molecule has 0 saturated carbocycles. The van der Waals surface area contributed by atoms with Crippen molar-refractivity contribution in [3.63, 3.8) is 0 Å². The molecule has 0 saturated heterocycles. The number of benzene rings is 4. The minimum atomic E-state index is -0.432. The van der Waals surface area contributed by atoms with Crippen molar-refractivity contribution in [3.8, 4) is 0 Å². The molecule has 4 aromatic carbocycles. The Morgan fingerprint density at radius 2 is 0.975 bits per heavy atom. The highest BCUT2D eigenvalue weighted by molar-refractivity contribution is 5.52. The van der Waals surface area contributed by atoms with E-state index in [4.69, 9.17) is 4.74 Å². The van der Waals surface area contributed by atoms with Crippen molar-refractivity contribution in [2.24, 2.45) is 5.92 Å². The van der Waals surface area contributed by atoms with Crippen LogP contribution in [0.25, 0.3) is 0 Å². The Morgan fingerprint density at radius 3 is 1.38 bits per heavy atom. The lowest BCUT2D eigenvalue weighted by Crippen LogP contribution is -2.28. The van der Waals surface area contributed by atoms with Gasteiger partial charge in [-0.3, -0.25) is 0 Å². The van der Waals surface area contributed by atoms with E-state index in [1.807, 2.05) is 0 Å². The third kappa shape index (κ3) is 6.94. The molecule has 0 amide bonds. The molecule has 4 aromatic rings. The molecule has 1 nitrogen and oxygen atoms in total. The van der Waals surface area contributed by atoms with Crippen LogP contribution in [0.3, 0.4) is 0 Å². The zero-order valence-corrected chi connectivity index (χ0v) is 25.7. The van der Waals surface area contributed by atoms with Crippen molar-refractivity contribution in [2.75, 3.05) is 6.61 Å². The second-order valence-electron chi connectivity index (χ2n) is 12.1. The van der Waals surface area contributed by atoms with Crippen molar-refractivity contribution in [3.05, 3.63) is 142 Å². The van der Waals surface area contributed by atoms with Crippen molar-refractivity contribution in [1.29, 1.82) is 0 Å². The predicted octanol–water partition coefficient (Wildman–Crippen LogP) is 10.8. The maximum absolute atomic E-state index is 6.83. The first kappa shape index (κ1) is 29.8. The molecule has 40 heavy (non-hydrogen) atoms. The molecule has 4 unspecified atom stereocenters. The standard InChI is InChI=1S/C39H48O/c1-8-28(2)24-25-40-39(6,7)38-36(30(4)33-20-14-10-15-21-33)26-35(29(3)32-18-12-9-13-19-32)27-37(38)31(5)34-22-16-11-17-23-34/h9-23,26-31H,8,24-25H2,1-7H3. The van der Waals surface area contributed by atoms with Crippen LogP contribution in [0.15, 0.2) is 103 Å². The van der Waals surface area contributed by atoms with Gasteiger partial charge in [0.1, 0.15) is 0 Å². The summed E-state index contributed by atoms with van der Waals surface area (Å²) >= 11 is 0. The van der Waals surface area contributed by atoms with Gasteiger partial charge in [-0.2, -0.15) is 0 Å². The van der Waals surface area contributed by atoms with Gasteiger partial charge >= 0.3 is 0 Å². The molecule has 0 aliphatic rings. The van der Waals surface area contributed by atoms with Gasteiger partial charge in [-0.05, 0) is 65.1 Å². The van der Waals surface area contributed by atoms with Crippen molar-refractivity contribution in [2.45, 2.75) is 84.7 Å². The van der Waals surface area contributed by atoms with E-state index in [-0.39, 0.29) is 17.8 Å². The highest BCUT2D eigenvalue weighted by Crippen LogP contribution is 2.44. The first-order chi connectivity index (χ1) is 19.2. The van der Waals surface area contributed by atoms with E-state index in [1.54, 1.807) is 0 Å². The molecule has 1 heteroatoms. The Bertz CT molecular complexity index is 1260. The van der Waals surface area contributed by atoms with Crippen molar-refractivity contribution in [1.82, 2.24) is 0 Å². The molecule has 0 spiro atoms. The van der Waals surface area contributed by atoms with Gasteiger partial charge in [0.2, 0.25) is 0 Å². The smallest absolute Gasteiger partial charge is 0.0881 e. The molecule has 4 atom stereocenters. The minimum absolute atomic E-state index is 0.235. The quantitative estimate of drug-likeness (QED) is 0.176. The molecule has 0 aliphatic heterocycles. The zero-order chi connectivity index (χ0) is 28.7. The average Bonchev–Trinajstić information content (AvgIpc) is 3.00. The Labute approximate surface area is 243 Å². The van der Waals surface area contributed by atoms with Gasteiger partial charge in [0.05, 0.1) is 5.60 Å². The van der Waals surface area contributed by atoms with Crippen molar-refractivity contribution < 1.29 is 4.74 Å². The Hall–Kier alpha value is -3.16. The van der Waals surface area contributed by atoms with E-state index < -0.39 is 5.60 Å². The van der Waals surface area contributed by atoms with E-state index in [0.29, 0.717) is 5.92 Å². The normalized spacial score (nSPS) is 14.9. The van der Waals surface area contributed by atoms with Gasteiger partial charge in [-0.1, -0.05) is 144 Å². The second-order valence-corrected chi connectivity index (χ2v) is 12.1. The lowest BCUT2D eigenvalue weighted by atomic mass is 9.74. The number of hydrogen-bond acceptors (Lipinski definition) is 1. The summed E-state index contributed by atoms with van der Waals surface area (Å²) in [5.41, 5.74) is 9.03. The molecule has 0 aromatic heterocycles. The summed E-state index contributed by atoms with van der Waals surface area (Å²) in [6, 6.07) is 37.7. The lowest BCUT2D eigenvalue weighted by Gasteiger charge is -2.36. The summed E-state index contributed by atoms with van der Waals surface area (Å²) in [5, 5.41) is 0. The van der Waals surface area contributed by atoms with Crippen LogP contribution in [0.2, 0.25) is 0 Å². The minimum Gasteiger partial charge on any atom is -0.371 e. The summed E-state index contributed by atoms with van der Waals surface area (Å²) in [6.07, 6.45) is 2.26. The van der Waals surface area contributed by atoms with Crippen LogP contribution >= 0.6 is 0 Å². The molecule has 0 aliphatic carbocycles. The zero-order valence-electron chi connectivity index (χ0n) is 25.7. The fourth-order valence-corrected chi connectivity index (χ4v) is 5.91. The van der Waals surface area contributed by atoms with Crippen LogP contribution in [-0.2, 0) is 10.3 Å². The summed E-state index contributed by atoms with van der Waals surface area (Å²) in [6.45, 7) is 17.0. The third-order valence-electron chi connectivity index (χ3n) is 8.93. The van der Waals surface area contributed by atoms with Gasteiger partial charge in [-0.15, -0.1) is 0 Å². The number of hydrogen-bond donors (Lipinski definition) is 0. The van der Waals surface area contributed by atoms with Crippen LogP contribution in [-0.4, -0.2) is 6.61 Å². The largest absolute Gasteiger partial charge is 0.371 e. The maximum atomic E-state index is 6.83. The monoisotopic (exact) mass is 532 g/mol. The third-order valence-corrected chi connectivity index (χ3v) is 8.93. The average molecular weight is 533 g/mol. The van der Waals surface area contributed by atoms with Crippen LogP contribution in [0.4, 0.5) is 0 Å². The molecule has 0 radical (unpaired) electrons. The highest BCUT2D eigenvalue weighted by Gasteiger charge is 2.33. The van der Waals surface area contributed by atoms with E-state index in [1.165, 1.54) is 45.4 Å². The van der Waals surface area contributed by atoms with Gasteiger partial charge < -0.3 is 4.74 Å². The van der Waals surface area contributed by atoms with Gasteiger partial charge in [0.15, 0.2) is 0 Å². The van der Waals surface area contributed by atoms with Crippen molar-refractivity contribution >= 4 is 0 Å². The van der Waals surface area contributed by atoms with Gasteiger partial charge in [-0.25, -0.2) is 0 Å². The van der Waals surface area contributed by atoms with E-state index in [9.17, 15) is 0 Å². The molecule has 210 valence electrons. The summed E-state index contributed by atoms with van der Waals surface area (Å²) < 4.78 is 6.83. The molecular weight excluding hydrogens is 484 g/mol. The van der Waals surface area contributed by atoms with Gasteiger partial charge in [0, 0.05) is 24.4 Å². The maximum Gasteiger partial charge on any atom is 0.0881 e. The van der Waals surface area contributed by atoms with E-state index in [2.05, 4.69) is 152 Å². The fourth-order valence-electron chi connectivity index (χ4n) is 5.91. The van der Waals surface area contributed by atoms with E-state index in [0.717, 1.165) is 13.0 Å². The van der Waals surface area contributed by atoms with Gasteiger partial charge in [0.25, 0.3) is 0 Å². The lowest BCUT2D eigenvalue weighted by molar-refractivity contribution is -0.0283. The Kier molecular flexibility index (Phi) is 10.0. The number of rotatable bonds is 12. The van der Waals surface area contributed by atoms with Crippen LogP contribution in [0, 0.1) is 5.92 Å². The topological polar surface area (TPSA) is 9.23 Å². The van der Waals surface area contributed by atoms with E-state index >= 15 is 0 Å². The number of ether oxygens (including phenoxy) is 1. The predicted molar refractivity (Wildman–Crippen MR) is 171 cm³/mol. The van der Waals surface area contributed by atoms with Crippen LogP contribution in [0.5, 0.6) is 0 Å².